The first-order chi connectivity index (χ1) is 7.16. The number of fused-ring (bicyclic) bond motifs is 1. The fourth-order valence-corrected chi connectivity index (χ4v) is 2.69. The van der Waals surface area contributed by atoms with E-state index in [0.717, 1.165) is 6.42 Å². The maximum Gasteiger partial charge on any atom is 0.233 e. The molecule has 2 atom stereocenters. The van der Waals surface area contributed by atoms with Crippen molar-refractivity contribution < 1.29 is 9.59 Å². The van der Waals surface area contributed by atoms with Crippen molar-refractivity contribution in [2.45, 2.75) is 13.0 Å². The van der Waals surface area contributed by atoms with E-state index in [0.29, 0.717) is 9.47 Å². The number of carbonyl (C=O) groups excluding carboxylic acids is 2. The Balaban J connectivity index is 1.79. The summed E-state index contributed by atoms with van der Waals surface area (Å²) in [7, 11) is 0. The number of aromatic nitrogens is 2. The van der Waals surface area contributed by atoms with Gasteiger partial charge in [-0.05, 0) is 18.0 Å². The largest absolute Gasteiger partial charge is 0.275 e. The Labute approximate surface area is 94.0 Å². The van der Waals surface area contributed by atoms with Crippen LogP contribution in [0.15, 0.2) is 0 Å². The number of nitrogens with zero attached hydrogens (tertiary/aromatic N) is 3. The number of hydrogen-bond donors (Lipinski definition) is 0. The van der Waals surface area contributed by atoms with Crippen molar-refractivity contribution in [2.75, 3.05) is 0 Å². The van der Waals surface area contributed by atoms with Gasteiger partial charge in [-0.3, -0.25) is 14.5 Å². The number of likely N-dealkylation sites (tertiary alicyclic amines) is 1. The average molecular weight is 244 g/mol. The highest BCUT2D eigenvalue weighted by atomic mass is 35.5. The van der Waals surface area contributed by atoms with Crippen LogP contribution in [-0.4, -0.2) is 26.9 Å². The van der Waals surface area contributed by atoms with Crippen LogP contribution in [-0.2, 0) is 16.1 Å². The summed E-state index contributed by atoms with van der Waals surface area (Å²) in [5.41, 5.74) is 0. The minimum absolute atomic E-state index is 0.0547. The summed E-state index contributed by atoms with van der Waals surface area (Å²) in [4.78, 5) is 24.5. The van der Waals surface area contributed by atoms with Crippen LogP contribution >= 0.6 is 22.9 Å². The molecule has 15 heavy (non-hydrogen) atoms. The Bertz CT molecular complexity index is 440. The lowest BCUT2D eigenvalue weighted by atomic mass is 10.4. The summed E-state index contributed by atoms with van der Waals surface area (Å²) in [6.45, 7) is 0.217. The highest BCUT2D eigenvalue weighted by molar-refractivity contribution is 7.15. The second-order valence-electron chi connectivity index (χ2n) is 3.66. The molecule has 0 radical (unpaired) electrons. The molecule has 0 bridgehead atoms. The third-order valence-corrected chi connectivity index (χ3v) is 3.70. The van der Waals surface area contributed by atoms with E-state index >= 15 is 0 Å². The van der Waals surface area contributed by atoms with Crippen LogP contribution in [0.4, 0.5) is 0 Å². The highest BCUT2D eigenvalue weighted by Gasteiger charge is 2.58. The molecule has 2 amide bonds. The van der Waals surface area contributed by atoms with Crippen molar-refractivity contribution in [2.24, 2.45) is 11.8 Å². The van der Waals surface area contributed by atoms with E-state index in [1.165, 1.54) is 16.2 Å². The lowest BCUT2D eigenvalue weighted by Gasteiger charge is -2.13. The Kier molecular flexibility index (Phi) is 1.84. The lowest BCUT2D eigenvalue weighted by molar-refractivity contribution is -0.142. The van der Waals surface area contributed by atoms with Gasteiger partial charge >= 0.3 is 0 Å². The van der Waals surface area contributed by atoms with Crippen LogP contribution in [0.5, 0.6) is 0 Å². The molecule has 2 heterocycles. The van der Waals surface area contributed by atoms with E-state index in [4.69, 9.17) is 11.6 Å². The summed E-state index contributed by atoms with van der Waals surface area (Å²) >= 11 is 6.80. The summed E-state index contributed by atoms with van der Waals surface area (Å²) in [6, 6.07) is 0. The minimum atomic E-state index is -0.0728. The standard InChI is InChI=1S/C8H6ClN3O2S/c9-8-11-10-5(15-8)2-12-6(13)3-1-4(3)7(12)14/h3-4H,1-2H2. The van der Waals surface area contributed by atoms with Crippen molar-refractivity contribution in [3.63, 3.8) is 0 Å². The third kappa shape index (κ3) is 1.36. The third-order valence-electron chi connectivity index (χ3n) is 2.69. The van der Waals surface area contributed by atoms with Crippen molar-refractivity contribution in [3.05, 3.63) is 9.47 Å². The number of amides is 2. The second-order valence-corrected chi connectivity index (χ2v) is 5.30. The van der Waals surface area contributed by atoms with Gasteiger partial charge < -0.3 is 0 Å². The molecule has 0 spiro atoms. The van der Waals surface area contributed by atoms with Crippen LogP contribution in [0.1, 0.15) is 11.4 Å². The van der Waals surface area contributed by atoms with E-state index < -0.39 is 0 Å². The number of rotatable bonds is 2. The molecule has 2 fully saturated rings. The molecule has 1 saturated heterocycles. The van der Waals surface area contributed by atoms with Crippen LogP contribution in [0, 0.1) is 11.8 Å². The van der Waals surface area contributed by atoms with Gasteiger partial charge in [0.25, 0.3) is 0 Å². The van der Waals surface area contributed by atoms with Crippen molar-refractivity contribution >= 4 is 34.8 Å². The molecule has 1 aromatic rings. The molecule has 5 nitrogen and oxygen atoms in total. The van der Waals surface area contributed by atoms with E-state index in [1.807, 2.05) is 0 Å². The van der Waals surface area contributed by atoms with E-state index in [1.54, 1.807) is 0 Å². The van der Waals surface area contributed by atoms with Gasteiger partial charge in [-0.15, -0.1) is 10.2 Å². The van der Waals surface area contributed by atoms with Crippen LogP contribution in [0.3, 0.4) is 0 Å². The average Bonchev–Trinajstić information content (AvgIpc) is 2.85. The molecule has 2 aliphatic rings. The number of halogens is 1. The van der Waals surface area contributed by atoms with Gasteiger partial charge in [0.1, 0.15) is 5.01 Å². The molecule has 1 aliphatic heterocycles. The van der Waals surface area contributed by atoms with Gasteiger partial charge in [0.15, 0.2) is 0 Å². The monoisotopic (exact) mass is 243 g/mol. The molecule has 7 heteroatoms. The quantitative estimate of drug-likeness (QED) is 0.718. The first-order valence-corrected chi connectivity index (χ1v) is 5.69. The van der Waals surface area contributed by atoms with Crippen molar-refractivity contribution in [1.82, 2.24) is 15.1 Å². The van der Waals surface area contributed by atoms with Crippen molar-refractivity contribution in [3.8, 4) is 0 Å². The fraction of sp³-hybridized carbons (Fsp3) is 0.500. The van der Waals surface area contributed by atoms with Gasteiger partial charge in [-0.25, -0.2) is 0 Å². The Morgan fingerprint density at radius 3 is 2.53 bits per heavy atom. The van der Waals surface area contributed by atoms with Gasteiger partial charge in [0.2, 0.25) is 16.3 Å². The first kappa shape index (κ1) is 9.23. The van der Waals surface area contributed by atoms with Gasteiger partial charge in [-0.1, -0.05) is 11.3 Å². The first-order valence-electron chi connectivity index (χ1n) is 4.50. The van der Waals surface area contributed by atoms with Gasteiger partial charge in [-0.2, -0.15) is 0 Å². The zero-order valence-electron chi connectivity index (χ0n) is 7.51. The minimum Gasteiger partial charge on any atom is -0.275 e. The van der Waals surface area contributed by atoms with Crippen LogP contribution in [0.2, 0.25) is 4.47 Å². The summed E-state index contributed by atoms with van der Waals surface area (Å²) in [6.07, 6.45) is 0.727. The van der Waals surface area contributed by atoms with Crippen LogP contribution in [0.25, 0.3) is 0 Å². The SMILES string of the molecule is O=C1C2CC2C(=O)N1Cc1nnc(Cl)s1. The molecular weight excluding hydrogens is 238 g/mol. The molecule has 0 aromatic carbocycles. The highest BCUT2D eigenvalue weighted by Crippen LogP contribution is 2.47. The molecule has 1 saturated carbocycles. The smallest absolute Gasteiger partial charge is 0.233 e. The molecule has 78 valence electrons. The molecule has 2 unspecified atom stereocenters. The Morgan fingerprint density at radius 2 is 2.00 bits per heavy atom. The second kappa shape index (κ2) is 2.99. The fourth-order valence-electron chi connectivity index (χ4n) is 1.84. The normalized spacial score (nSPS) is 28.5. The molecule has 0 N–H and O–H groups in total. The predicted octanol–water partition coefficient (Wildman–Crippen LogP) is 0.696. The van der Waals surface area contributed by atoms with Gasteiger partial charge in [0.05, 0.1) is 18.4 Å². The lowest BCUT2D eigenvalue weighted by Crippen LogP contribution is -2.32. The number of imide groups is 1. The predicted molar refractivity (Wildman–Crippen MR) is 52.1 cm³/mol. The van der Waals surface area contributed by atoms with Crippen molar-refractivity contribution in [1.29, 1.82) is 0 Å². The number of hydrogen-bond acceptors (Lipinski definition) is 5. The summed E-state index contributed by atoms with van der Waals surface area (Å²) in [5.74, 6) is -0.255. The molecular formula is C8H6ClN3O2S. The van der Waals surface area contributed by atoms with E-state index in [-0.39, 0.29) is 30.2 Å². The van der Waals surface area contributed by atoms with E-state index in [9.17, 15) is 9.59 Å². The summed E-state index contributed by atoms with van der Waals surface area (Å²) in [5, 5.41) is 8.00. The maximum absolute atomic E-state index is 11.6. The Morgan fingerprint density at radius 1 is 1.33 bits per heavy atom. The number of piperidine rings is 1. The number of carbonyl (C=O) groups is 2. The van der Waals surface area contributed by atoms with Crippen LogP contribution < -0.4 is 0 Å². The molecule has 3 rings (SSSR count). The zero-order chi connectivity index (χ0) is 10.6. The van der Waals surface area contributed by atoms with E-state index in [2.05, 4.69) is 10.2 Å². The maximum atomic E-state index is 11.6. The summed E-state index contributed by atoms with van der Waals surface area (Å²) < 4.78 is 0.328. The topological polar surface area (TPSA) is 63.2 Å². The van der Waals surface area contributed by atoms with Gasteiger partial charge in [0, 0.05) is 0 Å². The molecule has 1 aromatic heterocycles. The Hall–Kier alpha value is -1.01. The molecule has 1 aliphatic carbocycles. The zero-order valence-corrected chi connectivity index (χ0v) is 9.09.